The average molecular weight is 210 g/mol. The zero-order valence-electron chi connectivity index (χ0n) is 9.82. The van der Waals surface area contributed by atoms with E-state index in [4.69, 9.17) is 0 Å². The second-order valence-electron chi connectivity index (χ2n) is 3.62. The van der Waals surface area contributed by atoms with E-state index in [1.54, 1.807) is 0 Å². The molecule has 16 heavy (non-hydrogen) atoms. The number of hydrogen-bond donors (Lipinski definition) is 0. The van der Waals surface area contributed by atoms with Gasteiger partial charge < -0.3 is 0 Å². The van der Waals surface area contributed by atoms with Crippen molar-refractivity contribution in [1.82, 2.24) is 0 Å². The minimum Gasteiger partial charge on any atom is -0.117 e. The summed E-state index contributed by atoms with van der Waals surface area (Å²) in [5, 5.41) is 0. The maximum absolute atomic E-state index is 3.95. The molecular formula is C16H18. The molecule has 0 saturated carbocycles. The molecule has 0 atom stereocenters. The summed E-state index contributed by atoms with van der Waals surface area (Å²) < 4.78 is 0. The average Bonchev–Trinajstić information content (AvgIpc) is 2.53. The molecule has 0 heteroatoms. The van der Waals surface area contributed by atoms with E-state index in [0.29, 0.717) is 0 Å². The van der Waals surface area contributed by atoms with Crippen LogP contribution >= 0.6 is 0 Å². The largest absolute Gasteiger partial charge is 0.117 e. The van der Waals surface area contributed by atoms with Gasteiger partial charge in [0.2, 0.25) is 0 Å². The molecule has 1 rings (SSSR count). The SMILES string of the molecule is C=C(C=CC)CC=CCC1=C=CC=CC=C1. The van der Waals surface area contributed by atoms with Crippen LogP contribution in [-0.4, -0.2) is 0 Å². The predicted molar refractivity (Wildman–Crippen MR) is 72.2 cm³/mol. The maximum Gasteiger partial charge on any atom is -0.00227 e. The zero-order valence-corrected chi connectivity index (χ0v) is 9.82. The Morgan fingerprint density at radius 1 is 1.31 bits per heavy atom. The van der Waals surface area contributed by atoms with Crippen LogP contribution in [0.3, 0.4) is 0 Å². The monoisotopic (exact) mass is 210 g/mol. The molecule has 0 fully saturated rings. The Balaban J connectivity index is 2.38. The Kier molecular flexibility index (Phi) is 5.76. The lowest BCUT2D eigenvalue weighted by molar-refractivity contribution is 1.23. The van der Waals surface area contributed by atoms with Gasteiger partial charge in [0.25, 0.3) is 0 Å². The van der Waals surface area contributed by atoms with Crippen LogP contribution in [0.2, 0.25) is 0 Å². The minimum atomic E-state index is 0.920. The highest BCUT2D eigenvalue weighted by atomic mass is 13.9. The van der Waals surface area contributed by atoms with E-state index in [0.717, 1.165) is 18.4 Å². The highest BCUT2D eigenvalue weighted by Crippen LogP contribution is 2.07. The summed E-state index contributed by atoms with van der Waals surface area (Å²) in [4.78, 5) is 0. The van der Waals surface area contributed by atoms with Crippen LogP contribution in [0.4, 0.5) is 0 Å². The molecule has 0 unspecified atom stereocenters. The molecule has 0 aromatic heterocycles. The van der Waals surface area contributed by atoms with E-state index < -0.39 is 0 Å². The Labute approximate surface area is 98.4 Å². The summed E-state index contributed by atoms with van der Waals surface area (Å²) >= 11 is 0. The lowest BCUT2D eigenvalue weighted by Gasteiger charge is -1.93. The first kappa shape index (κ1) is 12.3. The minimum absolute atomic E-state index is 0.920. The lowest BCUT2D eigenvalue weighted by atomic mass is 10.1. The van der Waals surface area contributed by atoms with Crippen molar-refractivity contribution in [2.24, 2.45) is 0 Å². The van der Waals surface area contributed by atoms with Gasteiger partial charge in [0.1, 0.15) is 0 Å². The Morgan fingerprint density at radius 3 is 3.00 bits per heavy atom. The molecule has 0 radical (unpaired) electrons. The fraction of sp³-hybridized carbons (Fsp3) is 0.188. The Bertz CT molecular complexity index is 405. The highest BCUT2D eigenvalue weighted by molar-refractivity contribution is 5.29. The van der Waals surface area contributed by atoms with E-state index in [1.807, 2.05) is 43.4 Å². The normalized spacial score (nSPS) is 14.7. The molecule has 0 nitrogen and oxygen atoms in total. The van der Waals surface area contributed by atoms with Gasteiger partial charge in [-0.05, 0) is 31.4 Å². The van der Waals surface area contributed by atoms with Crippen LogP contribution in [0.15, 0.2) is 78.1 Å². The third-order valence-electron chi connectivity index (χ3n) is 2.17. The molecule has 1 aliphatic carbocycles. The number of rotatable bonds is 5. The molecule has 0 spiro atoms. The standard InChI is InChI=1S/C16H18/c1-3-10-15(2)11-8-9-14-16-12-6-4-5-7-13-16/h3-10,12H,2,11,14H2,1H3. The van der Waals surface area contributed by atoms with Crippen molar-refractivity contribution in [3.05, 3.63) is 78.1 Å². The Morgan fingerprint density at radius 2 is 2.19 bits per heavy atom. The first-order valence-corrected chi connectivity index (χ1v) is 5.57. The van der Waals surface area contributed by atoms with Gasteiger partial charge in [-0.15, -0.1) is 5.73 Å². The van der Waals surface area contributed by atoms with Crippen molar-refractivity contribution in [2.75, 3.05) is 0 Å². The van der Waals surface area contributed by atoms with Crippen LogP contribution < -0.4 is 0 Å². The molecule has 0 N–H and O–H groups in total. The van der Waals surface area contributed by atoms with Gasteiger partial charge in [-0.25, -0.2) is 0 Å². The van der Waals surface area contributed by atoms with Crippen molar-refractivity contribution < 1.29 is 0 Å². The van der Waals surface area contributed by atoms with Crippen molar-refractivity contribution in [2.45, 2.75) is 19.8 Å². The van der Waals surface area contributed by atoms with Crippen LogP contribution in [0.25, 0.3) is 0 Å². The first-order chi connectivity index (χ1) is 7.83. The van der Waals surface area contributed by atoms with Crippen LogP contribution in [0.1, 0.15) is 19.8 Å². The van der Waals surface area contributed by atoms with Crippen LogP contribution in [0, 0.1) is 0 Å². The molecule has 0 aromatic rings. The van der Waals surface area contributed by atoms with Gasteiger partial charge in [-0.1, -0.05) is 60.8 Å². The molecule has 0 saturated heterocycles. The summed E-state index contributed by atoms with van der Waals surface area (Å²) in [7, 11) is 0. The van der Waals surface area contributed by atoms with Gasteiger partial charge in [0.15, 0.2) is 0 Å². The van der Waals surface area contributed by atoms with Crippen molar-refractivity contribution >= 4 is 0 Å². The third-order valence-corrected chi connectivity index (χ3v) is 2.17. The molecular weight excluding hydrogens is 192 g/mol. The van der Waals surface area contributed by atoms with Crippen molar-refractivity contribution in [3.63, 3.8) is 0 Å². The van der Waals surface area contributed by atoms with E-state index in [2.05, 4.69) is 30.5 Å². The van der Waals surface area contributed by atoms with Gasteiger partial charge in [0, 0.05) is 0 Å². The summed E-state index contributed by atoms with van der Waals surface area (Å²) in [6.45, 7) is 5.96. The van der Waals surface area contributed by atoms with E-state index in [1.165, 1.54) is 5.57 Å². The van der Waals surface area contributed by atoms with E-state index in [-0.39, 0.29) is 0 Å². The molecule has 0 amide bonds. The maximum atomic E-state index is 3.95. The van der Waals surface area contributed by atoms with Crippen molar-refractivity contribution in [3.8, 4) is 0 Å². The second-order valence-corrected chi connectivity index (χ2v) is 3.62. The van der Waals surface area contributed by atoms with E-state index >= 15 is 0 Å². The van der Waals surface area contributed by atoms with E-state index in [9.17, 15) is 0 Å². The smallest absolute Gasteiger partial charge is 0.00227 e. The second kappa shape index (κ2) is 7.50. The molecule has 0 bridgehead atoms. The van der Waals surface area contributed by atoms with Gasteiger partial charge in [0.05, 0.1) is 0 Å². The first-order valence-electron chi connectivity index (χ1n) is 5.57. The summed E-state index contributed by atoms with van der Waals surface area (Å²) in [6.07, 6.45) is 20.3. The molecule has 0 aromatic carbocycles. The summed E-state index contributed by atoms with van der Waals surface area (Å²) in [5.74, 6) is 0. The quantitative estimate of drug-likeness (QED) is 0.351. The molecule has 82 valence electrons. The fourth-order valence-corrected chi connectivity index (χ4v) is 1.37. The van der Waals surface area contributed by atoms with Crippen LogP contribution in [-0.2, 0) is 0 Å². The van der Waals surface area contributed by atoms with Crippen molar-refractivity contribution in [1.29, 1.82) is 0 Å². The third kappa shape index (κ3) is 5.19. The van der Waals surface area contributed by atoms with Crippen LogP contribution in [0.5, 0.6) is 0 Å². The fourth-order valence-electron chi connectivity index (χ4n) is 1.37. The zero-order chi connectivity index (χ0) is 11.6. The summed E-state index contributed by atoms with van der Waals surface area (Å²) in [5.41, 5.74) is 5.57. The van der Waals surface area contributed by atoms with Gasteiger partial charge in [-0.2, -0.15) is 0 Å². The topological polar surface area (TPSA) is 0 Å². The van der Waals surface area contributed by atoms with Gasteiger partial charge >= 0.3 is 0 Å². The highest BCUT2D eigenvalue weighted by Gasteiger charge is 1.88. The lowest BCUT2D eigenvalue weighted by Crippen LogP contribution is -1.74. The molecule has 0 heterocycles. The van der Waals surface area contributed by atoms with Gasteiger partial charge in [-0.3, -0.25) is 0 Å². The number of allylic oxidation sites excluding steroid dienone is 10. The molecule has 0 aliphatic heterocycles. The Hall–Kier alpha value is -1.78. The molecule has 1 aliphatic rings. The predicted octanol–water partition coefficient (Wildman–Crippen LogP) is 4.66. The number of hydrogen-bond acceptors (Lipinski definition) is 0. The summed E-state index contributed by atoms with van der Waals surface area (Å²) in [6, 6.07) is 0.